The van der Waals surface area contributed by atoms with Gasteiger partial charge in [-0.05, 0) is 60.0 Å². The van der Waals surface area contributed by atoms with Gasteiger partial charge in [0.15, 0.2) is 5.78 Å². The Kier molecular flexibility index (Phi) is 6.23. The normalized spacial score (nSPS) is 15.1. The molecular weight excluding hydrogens is 462 g/mol. The zero-order valence-electron chi connectivity index (χ0n) is 20.8. The number of carbonyl (C=O) groups is 2. The van der Waals surface area contributed by atoms with Crippen LogP contribution in [0, 0.1) is 6.92 Å². The van der Waals surface area contributed by atoms with Crippen LogP contribution in [0.4, 0.5) is 0 Å². The van der Waals surface area contributed by atoms with E-state index in [1.54, 1.807) is 19.1 Å². The van der Waals surface area contributed by atoms with Crippen LogP contribution in [0.25, 0.3) is 16.9 Å². The number of hydrogen-bond acceptors (Lipinski definition) is 4. The van der Waals surface area contributed by atoms with Crippen molar-refractivity contribution in [2.45, 2.75) is 57.9 Å². The number of aromatic nitrogens is 1. The molecule has 1 amide bonds. The standard InChI is InChI=1S/C27H31N3O4S/c1-6-26(32)23-14-25(30(17(23)2)21-8-10-22(11-9-21)35(28,33)34)19-7-12-24-20(13-19)15-29(18(3)31)16-27(24,4)5/h7-14H,6,15-16H2,1-5H3,(H2,28,33,34). The van der Waals surface area contributed by atoms with Gasteiger partial charge in [0, 0.05) is 48.8 Å². The fraction of sp³-hybridized carbons (Fsp3) is 0.333. The molecule has 2 heterocycles. The molecule has 2 aromatic carbocycles. The summed E-state index contributed by atoms with van der Waals surface area (Å²) in [5.41, 5.74) is 5.97. The second kappa shape index (κ2) is 8.77. The van der Waals surface area contributed by atoms with Crippen molar-refractivity contribution in [3.8, 4) is 16.9 Å². The average molecular weight is 494 g/mol. The van der Waals surface area contributed by atoms with Gasteiger partial charge in [-0.1, -0.05) is 32.9 Å². The lowest BCUT2D eigenvalue weighted by Crippen LogP contribution is -2.44. The maximum atomic E-state index is 12.7. The van der Waals surface area contributed by atoms with Gasteiger partial charge in [0.1, 0.15) is 0 Å². The molecule has 184 valence electrons. The molecule has 0 unspecified atom stereocenters. The van der Waals surface area contributed by atoms with E-state index in [4.69, 9.17) is 5.14 Å². The van der Waals surface area contributed by atoms with E-state index in [2.05, 4.69) is 26.0 Å². The van der Waals surface area contributed by atoms with E-state index in [1.807, 2.05) is 35.4 Å². The zero-order chi connectivity index (χ0) is 25.7. The highest BCUT2D eigenvalue weighted by atomic mass is 32.2. The lowest BCUT2D eigenvalue weighted by atomic mass is 9.77. The Balaban J connectivity index is 1.90. The number of rotatable bonds is 5. The van der Waals surface area contributed by atoms with E-state index in [9.17, 15) is 18.0 Å². The summed E-state index contributed by atoms with van der Waals surface area (Å²) < 4.78 is 25.4. The Morgan fingerprint density at radius 1 is 1.06 bits per heavy atom. The minimum atomic E-state index is -3.82. The van der Waals surface area contributed by atoms with Crippen LogP contribution in [-0.2, 0) is 26.8 Å². The highest BCUT2D eigenvalue weighted by molar-refractivity contribution is 7.89. The molecule has 0 saturated carbocycles. The Morgan fingerprint density at radius 2 is 1.71 bits per heavy atom. The molecule has 0 spiro atoms. The number of amides is 1. The van der Waals surface area contributed by atoms with Gasteiger partial charge in [-0.25, -0.2) is 13.6 Å². The fourth-order valence-electron chi connectivity index (χ4n) is 5.00. The van der Waals surface area contributed by atoms with Crippen molar-refractivity contribution >= 4 is 21.7 Å². The fourth-order valence-corrected chi connectivity index (χ4v) is 5.52. The molecule has 35 heavy (non-hydrogen) atoms. The van der Waals surface area contributed by atoms with Crippen molar-refractivity contribution in [1.82, 2.24) is 9.47 Å². The molecule has 0 aliphatic carbocycles. The first kappa shape index (κ1) is 24.9. The second-order valence-corrected chi connectivity index (χ2v) is 11.4. The van der Waals surface area contributed by atoms with Crippen LogP contribution in [0.5, 0.6) is 0 Å². The second-order valence-electron chi connectivity index (χ2n) is 9.81. The number of fused-ring (bicyclic) bond motifs is 1. The first-order valence-corrected chi connectivity index (χ1v) is 13.2. The molecule has 0 bridgehead atoms. The molecule has 1 aliphatic heterocycles. The number of benzene rings is 2. The number of nitrogens with two attached hydrogens (primary N) is 1. The molecule has 0 atom stereocenters. The summed E-state index contributed by atoms with van der Waals surface area (Å²) in [6, 6.07) is 14.5. The molecule has 7 nitrogen and oxygen atoms in total. The lowest BCUT2D eigenvalue weighted by molar-refractivity contribution is -0.130. The third-order valence-electron chi connectivity index (χ3n) is 6.81. The smallest absolute Gasteiger partial charge is 0.238 e. The summed E-state index contributed by atoms with van der Waals surface area (Å²) in [7, 11) is -3.82. The average Bonchev–Trinajstić information content (AvgIpc) is 3.14. The Hall–Kier alpha value is -3.23. The minimum absolute atomic E-state index is 0.0257. The predicted molar refractivity (Wildman–Crippen MR) is 136 cm³/mol. The molecule has 1 aliphatic rings. The Labute approximate surface area is 206 Å². The maximum Gasteiger partial charge on any atom is 0.238 e. The molecule has 3 aromatic rings. The molecule has 0 radical (unpaired) electrons. The topological polar surface area (TPSA) is 102 Å². The van der Waals surface area contributed by atoms with Crippen molar-refractivity contribution in [2.75, 3.05) is 6.54 Å². The molecule has 4 rings (SSSR count). The number of sulfonamides is 1. The van der Waals surface area contributed by atoms with Crippen molar-refractivity contribution in [1.29, 1.82) is 0 Å². The van der Waals surface area contributed by atoms with Crippen LogP contribution in [0.3, 0.4) is 0 Å². The zero-order valence-corrected chi connectivity index (χ0v) is 21.6. The summed E-state index contributed by atoms with van der Waals surface area (Å²) in [4.78, 5) is 26.8. The van der Waals surface area contributed by atoms with Crippen molar-refractivity contribution < 1.29 is 18.0 Å². The van der Waals surface area contributed by atoms with Gasteiger partial charge in [0.25, 0.3) is 0 Å². The van der Waals surface area contributed by atoms with Gasteiger partial charge < -0.3 is 9.47 Å². The van der Waals surface area contributed by atoms with Crippen molar-refractivity contribution in [3.05, 3.63) is 70.9 Å². The van der Waals surface area contributed by atoms with Gasteiger partial charge in [0.05, 0.1) is 10.6 Å². The van der Waals surface area contributed by atoms with Crippen LogP contribution < -0.4 is 5.14 Å². The van der Waals surface area contributed by atoms with E-state index in [1.165, 1.54) is 17.7 Å². The summed E-state index contributed by atoms with van der Waals surface area (Å²) >= 11 is 0. The van der Waals surface area contributed by atoms with Crippen LogP contribution in [-0.4, -0.2) is 36.1 Å². The van der Waals surface area contributed by atoms with E-state index >= 15 is 0 Å². The predicted octanol–water partition coefficient (Wildman–Crippen LogP) is 4.33. The third-order valence-corrected chi connectivity index (χ3v) is 7.74. The molecule has 0 saturated heterocycles. The van der Waals surface area contributed by atoms with Crippen LogP contribution in [0.15, 0.2) is 53.4 Å². The Morgan fingerprint density at radius 3 is 2.29 bits per heavy atom. The number of Topliss-reactive ketones (excluding diaryl/α,β-unsaturated/α-hetero) is 1. The Bertz CT molecular complexity index is 1430. The van der Waals surface area contributed by atoms with E-state index in [0.29, 0.717) is 25.1 Å². The highest BCUT2D eigenvalue weighted by Gasteiger charge is 2.33. The summed E-state index contributed by atoms with van der Waals surface area (Å²) in [5, 5.41) is 5.27. The molecule has 8 heteroatoms. The quantitative estimate of drug-likeness (QED) is 0.534. The highest BCUT2D eigenvalue weighted by Crippen LogP contribution is 2.37. The SMILES string of the molecule is CCC(=O)c1cc(-c2ccc3c(c2)CN(C(C)=O)CC3(C)C)n(-c2ccc(S(N)(=O)=O)cc2)c1C. The summed E-state index contributed by atoms with van der Waals surface area (Å²) in [6.07, 6.45) is 0.376. The van der Waals surface area contributed by atoms with E-state index in [-0.39, 0.29) is 22.0 Å². The number of hydrogen-bond donors (Lipinski definition) is 1. The van der Waals surface area contributed by atoms with Crippen molar-refractivity contribution in [2.24, 2.45) is 5.14 Å². The number of nitrogens with zero attached hydrogens (tertiary/aromatic N) is 2. The van der Waals surface area contributed by atoms with E-state index < -0.39 is 10.0 Å². The largest absolute Gasteiger partial charge is 0.338 e. The summed E-state index contributed by atoms with van der Waals surface area (Å²) in [6.45, 7) is 10.8. The van der Waals surface area contributed by atoms with Gasteiger partial charge in [-0.3, -0.25) is 9.59 Å². The first-order valence-electron chi connectivity index (χ1n) is 11.6. The number of primary sulfonamides is 1. The molecule has 0 fully saturated rings. The van der Waals surface area contributed by atoms with Gasteiger partial charge in [-0.15, -0.1) is 0 Å². The first-order chi connectivity index (χ1) is 16.3. The van der Waals surface area contributed by atoms with Gasteiger partial charge in [-0.2, -0.15) is 0 Å². The molecule has 1 aromatic heterocycles. The van der Waals surface area contributed by atoms with E-state index in [0.717, 1.165) is 28.2 Å². The lowest BCUT2D eigenvalue weighted by Gasteiger charge is -2.39. The number of ketones is 1. The maximum absolute atomic E-state index is 12.7. The third kappa shape index (κ3) is 4.56. The van der Waals surface area contributed by atoms with Crippen molar-refractivity contribution in [3.63, 3.8) is 0 Å². The van der Waals surface area contributed by atoms with Crippen LogP contribution >= 0.6 is 0 Å². The van der Waals surface area contributed by atoms with Crippen LogP contribution in [0.2, 0.25) is 0 Å². The molecule has 2 N–H and O–H groups in total. The van der Waals surface area contributed by atoms with Gasteiger partial charge in [0.2, 0.25) is 15.9 Å². The monoisotopic (exact) mass is 493 g/mol. The number of carbonyl (C=O) groups excluding carboxylic acids is 2. The minimum Gasteiger partial charge on any atom is -0.338 e. The summed E-state index contributed by atoms with van der Waals surface area (Å²) in [5.74, 6) is 0.0737. The van der Waals surface area contributed by atoms with Gasteiger partial charge >= 0.3 is 0 Å². The molecular formula is C27H31N3O4S. The van der Waals surface area contributed by atoms with Crippen LogP contribution in [0.1, 0.15) is 61.3 Å².